The third kappa shape index (κ3) is 2.67. The second-order valence-electron chi connectivity index (χ2n) is 4.53. The number of carbonyl (C=O) groups is 3. The van der Waals surface area contributed by atoms with Crippen molar-refractivity contribution in [3.05, 3.63) is 23.8 Å². The molecule has 7 nitrogen and oxygen atoms in total. The van der Waals surface area contributed by atoms with Gasteiger partial charge in [0.05, 0.1) is 14.2 Å². The summed E-state index contributed by atoms with van der Waals surface area (Å²) in [5.41, 5.74) is 0.175. The van der Waals surface area contributed by atoms with Gasteiger partial charge in [0.15, 0.2) is 11.5 Å². The second-order valence-corrected chi connectivity index (χ2v) is 4.53. The van der Waals surface area contributed by atoms with E-state index in [1.54, 1.807) is 0 Å². The van der Waals surface area contributed by atoms with Crippen LogP contribution in [0.5, 0.6) is 11.5 Å². The number of likely N-dealkylation sites (tertiary alicyclic amines) is 1. The normalized spacial score (nSPS) is 17.7. The zero-order valence-corrected chi connectivity index (χ0v) is 11.7. The molecule has 2 rings (SSSR count). The molecule has 1 aromatic rings. The van der Waals surface area contributed by atoms with Crippen LogP contribution >= 0.6 is 0 Å². The number of carboxylic acids is 1. The topological polar surface area (TPSA) is 93.1 Å². The van der Waals surface area contributed by atoms with Crippen molar-refractivity contribution in [1.29, 1.82) is 0 Å². The standard InChI is InChI=1S/C14H15NO6/c1-20-10-5-3-8(7-11(10)21-2)13(17)15-9(14(18)19)4-6-12(15)16/h3,5,7,9H,4,6H2,1-2H3,(H,18,19). The number of imide groups is 1. The molecule has 1 N–H and O–H groups in total. The quantitative estimate of drug-likeness (QED) is 0.830. The van der Waals surface area contributed by atoms with Crippen LogP contribution in [0.25, 0.3) is 0 Å². The number of nitrogens with zero attached hydrogens (tertiary/aromatic N) is 1. The molecule has 0 aromatic heterocycles. The molecule has 112 valence electrons. The van der Waals surface area contributed by atoms with Gasteiger partial charge in [0, 0.05) is 12.0 Å². The number of hydrogen-bond donors (Lipinski definition) is 1. The minimum absolute atomic E-state index is 0.0516. The molecule has 1 unspecified atom stereocenters. The molecule has 0 radical (unpaired) electrons. The highest BCUT2D eigenvalue weighted by Crippen LogP contribution is 2.29. The summed E-state index contributed by atoms with van der Waals surface area (Å²) in [5.74, 6) is -1.54. The van der Waals surface area contributed by atoms with E-state index in [2.05, 4.69) is 0 Å². The van der Waals surface area contributed by atoms with E-state index in [4.69, 9.17) is 14.6 Å². The molecule has 21 heavy (non-hydrogen) atoms. The molecule has 1 heterocycles. The van der Waals surface area contributed by atoms with Crippen molar-refractivity contribution in [2.24, 2.45) is 0 Å². The Morgan fingerprint density at radius 2 is 1.90 bits per heavy atom. The summed E-state index contributed by atoms with van der Waals surface area (Å²) in [7, 11) is 2.89. The molecule has 1 fully saturated rings. The van der Waals surface area contributed by atoms with Gasteiger partial charge in [-0.15, -0.1) is 0 Å². The van der Waals surface area contributed by atoms with Gasteiger partial charge in [-0.3, -0.25) is 14.5 Å². The number of methoxy groups -OCH3 is 2. The van der Waals surface area contributed by atoms with Gasteiger partial charge in [0.25, 0.3) is 5.91 Å². The molecular weight excluding hydrogens is 278 g/mol. The first-order valence-electron chi connectivity index (χ1n) is 6.30. The smallest absolute Gasteiger partial charge is 0.326 e. The Bertz CT molecular complexity index is 597. The summed E-state index contributed by atoms with van der Waals surface area (Å²) in [5, 5.41) is 9.09. The second kappa shape index (κ2) is 5.82. The van der Waals surface area contributed by atoms with Crippen molar-refractivity contribution in [2.45, 2.75) is 18.9 Å². The highest BCUT2D eigenvalue weighted by Gasteiger charge is 2.40. The van der Waals surface area contributed by atoms with Gasteiger partial charge in [-0.25, -0.2) is 4.79 Å². The molecule has 0 bridgehead atoms. The zero-order chi connectivity index (χ0) is 15.6. The maximum absolute atomic E-state index is 12.4. The first kappa shape index (κ1) is 14.8. The number of rotatable bonds is 4. The van der Waals surface area contributed by atoms with Crippen molar-refractivity contribution < 1.29 is 29.0 Å². The molecule has 0 saturated carbocycles. The van der Waals surface area contributed by atoms with Crippen LogP contribution in [0.15, 0.2) is 18.2 Å². The van der Waals surface area contributed by atoms with Crippen LogP contribution in [0.2, 0.25) is 0 Å². The molecule has 1 aromatic carbocycles. The summed E-state index contributed by atoms with van der Waals surface area (Å²) in [6.07, 6.45) is 0.184. The number of carboxylic acid groups (broad SMARTS) is 1. The molecule has 1 saturated heterocycles. The van der Waals surface area contributed by atoms with Gasteiger partial charge < -0.3 is 14.6 Å². The molecule has 1 aliphatic rings. The largest absolute Gasteiger partial charge is 0.493 e. The number of aliphatic carboxylic acids is 1. The van der Waals surface area contributed by atoms with Crippen LogP contribution < -0.4 is 9.47 Å². The van der Waals surface area contributed by atoms with E-state index in [0.29, 0.717) is 11.5 Å². The fraction of sp³-hybridized carbons (Fsp3) is 0.357. The first-order chi connectivity index (χ1) is 9.99. The van der Waals surface area contributed by atoms with Gasteiger partial charge in [0.2, 0.25) is 5.91 Å². The molecule has 2 amide bonds. The van der Waals surface area contributed by atoms with E-state index < -0.39 is 23.8 Å². The maximum Gasteiger partial charge on any atom is 0.326 e. The van der Waals surface area contributed by atoms with Crippen molar-refractivity contribution in [3.63, 3.8) is 0 Å². The fourth-order valence-electron chi connectivity index (χ4n) is 2.28. The lowest BCUT2D eigenvalue weighted by Gasteiger charge is -2.20. The lowest BCUT2D eigenvalue weighted by atomic mass is 10.1. The van der Waals surface area contributed by atoms with E-state index >= 15 is 0 Å². The lowest BCUT2D eigenvalue weighted by molar-refractivity contribution is -0.144. The van der Waals surface area contributed by atoms with Crippen LogP contribution in [0.1, 0.15) is 23.2 Å². The Morgan fingerprint density at radius 1 is 1.24 bits per heavy atom. The number of carbonyl (C=O) groups excluding carboxylic acids is 2. The average Bonchev–Trinajstić information content (AvgIpc) is 2.87. The molecule has 0 spiro atoms. The van der Waals surface area contributed by atoms with Crippen LogP contribution in [-0.2, 0) is 9.59 Å². The van der Waals surface area contributed by atoms with Gasteiger partial charge in [-0.05, 0) is 24.6 Å². The van der Waals surface area contributed by atoms with Gasteiger partial charge >= 0.3 is 5.97 Å². The Labute approximate surface area is 121 Å². The predicted molar refractivity (Wildman–Crippen MR) is 71.4 cm³/mol. The molecular formula is C14H15NO6. The van der Waals surface area contributed by atoms with Crippen molar-refractivity contribution in [2.75, 3.05) is 14.2 Å². The highest BCUT2D eigenvalue weighted by molar-refractivity contribution is 6.08. The monoisotopic (exact) mass is 293 g/mol. The number of amides is 2. The zero-order valence-electron chi connectivity index (χ0n) is 11.7. The van der Waals surface area contributed by atoms with Gasteiger partial charge in [0.1, 0.15) is 6.04 Å². The molecule has 1 atom stereocenters. The summed E-state index contributed by atoms with van der Waals surface area (Å²) >= 11 is 0. The Balaban J connectivity index is 2.35. The fourth-order valence-corrected chi connectivity index (χ4v) is 2.28. The lowest BCUT2D eigenvalue weighted by Crippen LogP contribution is -2.42. The minimum atomic E-state index is -1.19. The number of ether oxygens (including phenoxy) is 2. The number of hydrogen-bond acceptors (Lipinski definition) is 5. The van der Waals surface area contributed by atoms with Crippen LogP contribution in [0.4, 0.5) is 0 Å². The molecule has 7 heteroatoms. The van der Waals surface area contributed by atoms with E-state index in [1.165, 1.54) is 32.4 Å². The third-order valence-electron chi connectivity index (χ3n) is 3.35. The molecule has 0 aliphatic carbocycles. The minimum Gasteiger partial charge on any atom is -0.493 e. The van der Waals surface area contributed by atoms with Gasteiger partial charge in [-0.2, -0.15) is 0 Å². The molecule has 1 aliphatic heterocycles. The van der Waals surface area contributed by atoms with E-state index in [9.17, 15) is 14.4 Å². The summed E-state index contributed by atoms with van der Waals surface area (Å²) in [6, 6.07) is 3.31. The Kier molecular flexibility index (Phi) is 4.11. The predicted octanol–water partition coefficient (Wildman–Crippen LogP) is 0.920. The summed E-state index contributed by atoms with van der Waals surface area (Å²) < 4.78 is 10.2. The Morgan fingerprint density at radius 3 is 2.48 bits per heavy atom. The van der Waals surface area contributed by atoms with Crippen LogP contribution in [-0.4, -0.2) is 48.1 Å². The Hall–Kier alpha value is -2.57. The highest BCUT2D eigenvalue weighted by atomic mass is 16.5. The van der Waals surface area contributed by atoms with Gasteiger partial charge in [-0.1, -0.05) is 0 Å². The van der Waals surface area contributed by atoms with E-state index in [-0.39, 0.29) is 18.4 Å². The van der Waals surface area contributed by atoms with Crippen molar-refractivity contribution >= 4 is 17.8 Å². The van der Waals surface area contributed by atoms with Crippen molar-refractivity contribution in [1.82, 2.24) is 4.90 Å². The van der Waals surface area contributed by atoms with Crippen LogP contribution in [0, 0.1) is 0 Å². The summed E-state index contributed by atoms with van der Waals surface area (Å²) in [4.78, 5) is 36.1. The van der Waals surface area contributed by atoms with E-state index in [0.717, 1.165) is 4.90 Å². The van der Waals surface area contributed by atoms with Crippen LogP contribution in [0.3, 0.4) is 0 Å². The average molecular weight is 293 g/mol. The third-order valence-corrected chi connectivity index (χ3v) is 3.35. The SMILES string of the molecule is COc1ccc(C(=O)N2C(=O)CCC2C(=O)O)cc1OC. The first-order valence-corrected chi connectivity index (χ1v) is 6.30. The summed E-state index contributed by atoms with van der Waals surface area (Å²) in [6.45, 7) is 0. The number of benzene rings is 1. The van der Waals surface area contributed by atoms with E-state index in [1.807, 2.05) is 0 Å². The maximum atomic E-state index is 12.4. The van der Waals surface area contributed by atoms with Crippen molar-refractivity contribution in [3.8, 4) is 11.5 Å².